The summed E-state index contributed by atoms with van der Waals surface area (Å²) in [4.78, 5) is 0. The highest BCUT2D eigenvalue weighted by atomic mass is 79.9. The normalized spacial score (nSPS) is 19.8. The second-order valence-corrected chi connectivity index (χ2v) is 9.93. The first-order chi connectivity index (χ1) is 13.4. The highest BCUT2D eigenvalue weighted by Crippen LogP contribution is 2.47. The Bertz CT molecular complexity index is 630. The van der Waals surface area contributed by atoms with E-state index in [1.54, 1.807) is 5.56 Å². The van der Waals surface area contributed by atoms with Crippen molar-refractivity contribution >= 4 is 15.9 Å². The fourth-order valence-electron chi connectivity index (χ4n) is 4.63. The summed E-state index contributed by atoms with van der Waals surface area (Å²) in [5.41, 5.74) is 5.88. The lowest BCUT2D eigenvalue weighted by molar-refractivity contribution is 0.293. The van der Waals surface area contributed by atoms with Crippen LogP contribution in [0, 0.1) is 12.8 Å². The third-order valence-corrected chi connectivity index (χ3v) is 6.83. The molecule has 1 aromatic carbocycles. The number of unbranched alkanes of at least 4 members (excludes halogenated alkanes) is 3. The van der Waals surface area contributed by atoms with Crippen molar-refractivity contribution in [3.63, 3.8) is 0 Å². The van der Waals surface area contributed by atoms with E-state index in [1.807, 2.05) is 0 Å². The summed E-state index contributed by atoms with van der Waals surface area (Å²) in [5, 5.41) is 1.12. The van der Waals surface area contributed by atoms with Crippen LogP contribution in [0.25, 0.3) is 0 Å². The number of ether oxygens (including phenoxy) is 1. The fourth-order valence-corrected chi connectivity index (χ4v) is 5.03. The second-order valence-electron chi connectivity index (χ2n) is 9.14. The van der Waals surface area contributed by atoms with Gasteiger partial charge in [0.15, 0.2) is 0 Å². The maximum Gasteiger partial charge on any atom is 0.123 e. The molecular formula is C26H41BrO. The molecule has 0 saturated carbocycles. The largest absolute Gasteiger partial charge is 0.493 e. The van der Waals surface area contributed by atoms with Crippen LogP contribution in [0.4, 0.5) is 0 Å². The van der Waals surface area contributed by atoms with Crippen LogP contribution in [-0.4, -0.2) is 11.9 Å². The van der Waals surface area contributed by atoms with Crippen molar-refractivity contribution in [3.8, 4) is 5.75 Å². The number of rotatable bonds is 11. The van der Waals surface area contributed by atoms with Gasteiger partial charge in [-0.2, -0.15) is 0 Å². The molecule has 1 aromatic rings. The molecular weight excluding hydrogens is 408 g/mol. The van der Waals surface area contributed by atoms with Gasteiger partial charge < -0.3 is 4.74 Å². The van der Waals surface area contributed by atoms with Crippen molar-refractivity contribution < 1.29 is 4.74 Å². The molecule has 1 nitrogen and oxygen atoms in total. The molecule has 158 valence electrons. The molecule has 0 aliphatic heterocycles. The summed E-state index contributed by atoms with van der Waals surface area (Å²) in [6.07, 6.45) is 12.5. The lowest BCUT2D eigenvalue weighted by Crippen LogP contribution is -2.20. The van der Waals surface area contributed by atoms with Crippen molar-refractivity contribution in [2.75, 3.05) is 11.9 Å². The molecule has 0 amide bonds. The average molecular weight is 450 g/mol. The van der Waals surface area contributed by atoms with Crippen LogP contribution < -0.4 is 4.74 Å². The molecule has 0 fully saturated rings. The Kier molecular flexibility index (Phi) is 10.1. The summed E-state index contributed by atoms with van der Waals surface area (Å²) in [5.74, 6) is 3.18. The standard InChI is InChI=1S/C26H41BrO/c1-19(2)11-10-12-21(4)23-14-13-22(5)26-24(23)17-20(3)18-25(26)28-16-9-7-6-8-15-27/h11,17-18,21-23H,6-10,12-16H2,1-5H3/t21-,22+,23?/m0/s1. The Morgan fingerprint density at radius 3 is 2.64 bits per heavy atom. The molecule has 0 radical (unpaired) electrons. The van der Waals surface area contributed by atoms with E-state index in [0.29, 0.717) is 11.8 Å². The van der Waals surface area contributed by atoms with Crippen molar-refractivity contribution in [2.24, 2.45) is 5.92 Å². The Hall–Kier alpha value is -0.760. The van der Waals surface area contributed by atoms with Crippen LogP contribution in [0.2, 0.25) is 0 Å². The Balaban J connectivity index is 2.11. The van der Waals surface area contributed by atoms with Gasteiger partial charge in [-0.3, -0.25) is 0 Å². The molecule has 0 aromatic heterocycles. The fraction of sp³-hybridized carbons (Fsp3) is 0.692. The van der Waals surface area contributed by atoms with Gasteiger partial charge in [0, 0.05) is 10.9 Å². The van der Waals surface area contributed by atoms with E-state index in [-0.39, 0.29) is 0 Å². The van der Waals surface area contributed by atoms with Gasteiger partial charge in [-0.1, -0.05) is 60.3 Å². The van der Waals surface area contributed by atoms with Gasteiger partial charge in [-0.05, 0) is 94.2 Å². The number of aryl methyl sites for hydroxylation is 1. The molecule has 3 atom stereocenters. The van der Waals surface area contributed by atoms with Crippen LogP contribution in [0.5, 0.6) is 5.75 Å². The van der Waals surface area contributed by atoms with Crippen LogP contribution in [0.15, 0.2) is 23.8 Å². The van der Waals surface area contributed by atoms with E-state index in [4.69, 9.17) is 4.74 Å². The number of halogens is 1. The minimum absolute atomic E-state index is 0.611. The monoisotopic (exact) mass is 448 g/mol. The summed E-state index contributed by atoms with van der Waals surface area (Å²) < 4.78 is 6.36. The minimum atomic E-state index is 0.611. The molecule has 28 heavy (non-hydrogen) atoms. The average Bonchev–Trinajstić information content (AvgIpc) is 2.64. The first-order valence-corrected chi connectivity index (χ1v) is 12.5. The molecule has 0 bridgehead atoms. The first kappa shape index (κ1) is 23.5. The maximum absolute atomic E-state index is 6.36. The number of hydrogen-bond donors (Lipinski definition) is 0. The smallest absolute Gasteiger partial charge is 0.123 e. The summed E-state index contributed by atoms with van der Waals surface area (Å²) in [6, 6.07) is 4.74. The van der Waals surface area contributed by atoms with E-state index in [9.17, 15) is 0 Å². The molecule has 0 saturated heterocycles. The van der Waals surface area contributed by atoms with Gasteiger partial charge in [-0.25, -0.2) is 0 Å². The molecule has 2 rings (SSSR count). The van der Waals surface area contributed by atoms with Gasteiger partial charge >= 0.3 is 0 Å². The predicted molar refractivity (Wildman–Crippen MR) is 127 cm³/mol. The summed E-state index contributed by atoms with van der Waals surface area (Å²) in [6.45, 7) is 12.3. The highest BCUT2D eigenvalue weighted by molar-refractivity contribution is 9.09. The number of benzene rings is 1. The van der Waals surface area contributed by atoms with Crippen LogP contribution in [0.1, 0.15) is 108 Å². The Labute approximate surface area is 182 Å². The highest BCUT2D eigenvalue weighted by Gasteiger charge is 2.31. The van der Waals surface area contributed by atoms with Gasteiger partial charge in [0.25, 0.3) is 0 Å². The van der Waals surface area contributed by atoms with E-state index in [1.165, 1.54) is 67.4 Å². The number of alkyl halides is 1. The van der Waals surface area contributed by atoms with Crippen LogP contribution in [-0.2, 0) is 0 Å². The third-order valence-electron chi connectivity index (χ3n) is 6.27. The zero-order valence-corrected chi connectivity index (χ0v) is 20.4. The van der Waals surface area contributed by atoms with Gasteiger partial charge in [-0.15, -0.1) is 0 Å². The van der Waals surface area contributed by atoms with Crippen molar-refractivity contribution in [1.82, 2.24) is 0 Å². The van der Waals surface area contributed by atoms with E-state index in [0.717, 1.165) is 24.3 Å². The summed E-state index contributed by atoms with van der Waals surface area (Å²) >= 11 is 3.52. The minimum Gasteiger partial charge on any atom is -0.493 e. The molecule has 0 spiro atoms. The van der Waals surface area contributed by atoms with Gasteiger partial charge in [0.05, 0.1) is 6.61 Å². The summed E-state index contributed by atoms with van der Waals surface area (Å²) in [7, 11) is 0. The second kappa shape index (κ2) is 12.1. The maximum atomic E-state index is 6.36. The molecule has 1 aliphatic carbocycles. The van der Waals surface area contributed by atoms with Crippen molar-refractivity contribution in [1.29, 1.82) is 0 Å². The quantitative estimate of drug-likeness (QED) is 0.186. The molecule has 1 aliphatic rings. The van der Waals surface area contributed by atoms with Crippen LogP contribution in [0.3, 0.4) is 0 Å². The Morgan fingerprint density at radius 1 is 1.18 bits per heavy atom. The van der Waals surface area contributed by atoms with Crippen molar-refractivity contribution in [2.45, 2.75) is 97.8 Å². The van der Waals surface area contributed by atoms with E-state index in [2.05, 4.69) is 68.8 Å². The number of fused-ring (bicyclic) bond motifs is 1. The zero-order chi connectivity index (χ0) is 20.5. The van der Waals surface area contributed by atoms with Gasteiger partial charge in [0.2, 0.25) is 0 Å². The topological polar surface area (TPSA) is 9.23 Å². The molecule has 0 N–H and O–H groups in total. The number of hydrogen-bond acceptors (Lipinski definition) is 1. The Morgan fingerprint density at radius 2 is 1.93 bits per heavy atom. The molecule has 0 heterocycles. The van der Waals surface area contributed by atoms with E-state index < -0.39 is 0 Å². The van der Waals surface area contributed by atoms with Crippen molar-refractivity contribution in [3.05, 3.63) is 40.5 Å². The number of allylic oxidation sites excluding steroid dienone is 2. The van der Waals surface area contributed by atoms with Crippen LogP contribution >= 0.6 is 15.9 Å². The lowest BCUT2D eigenvalue weighted by atomic mass is 9.71. The third kappa shape index (κ3) is 6.94. The molecule has 2 heteroatoms. The van der Waals surface area contributed by atoms with E-state index >= 15 is 0 Å². The molecule has 1 unspecified atom stereocenters. The van der Waals surface area contributed by atoms with Gasteiger partial charge in [0.1, 0.15) is 5.75 Å². The lowest BCUT2D eigenvalue weighted by Gasteiger charge is -2.35. The zero-order valence-electron chi connectivity index (χ0n) is 18.8. The SMILES string of the molecule is CC(C)=CCC[C@H](C)C1CC[C@@H](C)c2c(OCCCCCCBr)cc(C)cc21. The predicted octanol–water partition coefficient (Wildman–Crippen LogP) is 8.69. The first-order valence-electron chi connectivity index (χ1n) is 11.4.